The minimum absolute atomic E-state index is 0.0261. The fourth-order valence-electron chi connectivity index (χ4n) is 8.89. The number of carbonyl (C=O) groups is 1. The van der Waals surface area contributed by atoms with Crippen LogP contribution in [-0.4, -0.2) is 15.2 Å². The van der Waals surface area contributed by atoms with Crippen LogP contribution >= 0.6 is 27.7 Å². The lowest BCUT2D eigenvalue weighted by Gasteiger charge is -2.58. The molecule has 0 heterocycles. The van der Waals surface area contributed by atoms with Gasteiger partial charge in [0.25, 0.3) is 0 Å². The predicted molar refractivity (Wildman–Crippen MR) is 153 cm³/mol. The second kappa shape index (κ2) is 11.7. The molecule has 0 spiro atoms. The molecule has 0 saturated heterocycles. The molecule has 0 aromatic rings. The van der Waals surface area contributed by atoms with Gasteiger partial charge < -0.3 is 0 Å². The van der Waals surface area contributed by atoms with Gasteiger partial charge in [-0.2, -0.15) is 0 Å². The largest absolute Gasteiger partial charge is 0.286 e. The van der Waals surface area contributed by atoms with Crippen molar-refractivity contribution in [2.45, 2.75) is 141 Å². The minimum Gasteiger partial charge on any atom is -0.286 e. The van der Waals surface area contributed by atoms with E-state index in [1.54, 1.807) is 17.3 Å². The van der Waals surface area contributed by atoms with Gasteiger partial charge in [0.05, 0.1) is 4.83 Å². The monoisotopic (exact) mass is 550 g/mol. The first-order valence-corrected chi connectivity index (χ1v) is 16.7. The fourth-order valence-corrected chi connectivity index (χ4v) is 10.4. The van der Waals surface area contributed by atoms with E-state index in [9.17, 15) is 4.79 Å². The van der Waals surface area contributed by atoms with Gasteiger partial charge in [-0.15, -0.1) is 0 Å². The van der Waals surface area contributed by atoms with E-state index in [4.69, 9.17) is 0 Å². The number of carbonyl (C=O) groups excluding carboxylic acids is 1. The average molecular weight is 552 g/mol. The highest BCUT2D eigenvalue weighted by molar-refractivity contribution is 9.10. The first-order chi connectivity index (χ1) is 16.3. The first kappa shape index (κ1) is 27.3. The number of halogens is 1. The van der Waals surface area contributed by atoms with Crippen molar-refractivity contribution in [2.75, 3.05) is 0 Å². The van der Waals surface area contributed by atoms with Crippen LogP contribution in [0.4, 0.5) is 0 Å². The lowest BCUT2D eigenvalue weighted by atomic mass is 9.47. The highest BCUT2D eigenvalue weighted by atomic mass is 79.9. The molecule has 8 atom stereocenters. The Morgan fingerprint density at radius 3 is 2.56 bits per heavy atom. The Kier molecular flexibility index (Phi) is 9.42. The van der Waals surface area contributed by atoms with Crippen LogP contribution in [0.25, 0.3) is 0 Å². The van der Waals surface area contributed by atoms with Crippen LogP contribution in [-0.2, 0) is 4.79 Å². The molecule has 0 bridgehead atoms. The maximum Gasteiger partial charge on any atom is 0.202 e. The van der Waals surface area contributed by atoms with Gasteiger partial charge in [0.15, 0.2) is 0 Å². The van der Waals surface area contributed by atoms with Gasteiger partial charge in [-0.25, -0.2) is 0 Å². The van der Waals surface area contributed by atoms with Gasteiger partial charge in [-0.05, 0) is 98.7 Å². The Morgan fingerprint density at radius 2 is 1.79 bits per heavy atom. The standard InChI is InChI=1S/C31H51BrOS/c1-5-7-8-9-10-11-12-22-14-16-26-25-15-13-23-21-24(34-29(33)28(32)6-2)17-19-31(23,4)27(25)18-20-30(22,26)3/h13,22,24-28H,5-12,14-21H2,1-4H3/t22-,24+,25-,26-,27-,28-,30-,31+/m1/s1. The molecule has 0 radical (unpaired) electrons. The predicted octanol–water partition coefficient (Wildman–Crippen LogP) is 10.1. The third-order valence-corrected chi connectivity index (χ3v) is 13.7. The van der Waals surface area contributed by atoms with Gasteiger partial charge in [-0.3, -0.25) is 4.79 Å². The number of fused-ring (bicyclic) bond motifs is 5. The number of unbranched alkanes of at least 4 members (excludes halogenated alkanes) is 5. The Morgan fingerprint density at radius 1 is 1.03 bits per heavy atom. The van der Waals surface area contributed by atoms with E-state index in [0.29, 0.717) is 21.2 Å². The number of hydrogen-bond donors (Lipinski definition) is 0. The van der Waals surface area contributed by atoms with Gasteiger partial charge >= 0.3 is 0 Å². The van der Waals surface area contributed by atoms with Crippen molar-refractivity contribution >= 4 is 32.8 Å². The van der Waals surface area contributed by atoms with Crippen LogP contribution < -0.4 is 0 Å². The molecule has 4 aliphatic rings. The maximum atomic E-state index is 12.5. The molecule has 3 heteroatoms. The van der Waals surface area contributed by atoms with E-state index in [0.717, 1.165) is 36.5 Å². The second-order valence-electron chi connectivity index (χ2n) is 12.8. The van der Waals surface area contributed by atoms with E-state index >= 15 is 0 Å². The van der Waals surface area contributed by atoms with Gasteiger partial charge in [0.2, 0.25) is 5.12 Å². The van der Waals surface area contributed by atoms with E-state index in [1.165, 1.54) is 89.9 Å². The molecule has 0 aromatic carbocycles. The summed E-state index contributed by atoms with van der Waals surface area (Å²) < 4.78 is 0. The summed E-state index contributed by atoms with van der Waals surface area (Å²) in [5.41, 5.74) is 2.73. The average Bonchev–Trinajstić information content (AvgIpc) is 3.17. The van der Waals surface area contributed by atoms with Crippen LogP contribution in [0.1, 0.15) is 130 Å². The van der Waals surface area contributed by atoms with Crippen molar-refractivity contribution in [3.8, 4) is 0 Å². The molecule has 0 amide bonds. The Balaban J connectivity index is 1.37. The summed E-state index contributed by atoms with van der Waals surface area (Å²) in [6.07, 6.45) is 24.6. The van der Waals surface area contributed by atoms with Crippen molar-refractivity contribution in [3.63, 3.8) is 0 Å². The van der Waals surface area contributed by atoms with E-state index in [1.807, 2.05) is 0 Å². The zero-order chi connectivity index (χ0) is 24.3. The third-order valence-electron chi connectivity index (χ3n) is 11.1. The van der Waals surface area contributed by atoms with Gasteiger partial charge in [0.1, 0.15) is 0 Å². The molecule has 3 saturated carbocycles. The summed E-state index contributed by atoms with van der Waals surface area (Å²) in [7, 11) is 0. The Bertz CT molecular complexity index is 733. The third kappa shape index (κ3) is 5.41. The minimum atomic E-state index is 0.0261. The summed E-state index contributed by atoms with van der Waals surface area (Å²) in [6.45, 7) is 9.73. The smallest absolute Gasteiger partial charge is 0.202 e. The van der Waals surface area contributed by atoms with Crippen LogP contribution in [0.5, 0.6) is 0 Å². The lowest BCUT2D eigenvalue weighted by molar-refractivity contribution is -0.110. The molecular formula is C31H51BrOS. The van der Waals surface area contributed by atoms with Gasteiger partial charge in [0, 0.05) is 5.25 Å². The number of alkyl halides is 1. The highest BCUT2D eigenvalue weighted by Crippen LogP contribution is 2.67. The summed E-state index contributed by atoms with van der Waals surface area (Å²) in [6, 6.07) is 0. The molecule has 4 rings (SSSR count). The van der Waals surface area contributed by atoms with Crippen LogP contribution in [0, 0.1) is 34.5 Å². The summed E-state index contributed by atoms with van der Waals surface area (Å²) >= 11 is 5.21. The molecule has 3 fully saturated rings. The molecule has 0 aromatic heterocycles. The normalized spacial score (nSPS) is 40.1. The SMILES string of the molecule is CCCCCCCC[C@@H]1CC[C@@H]2[C@H]3CC=C4C[C@@H](SC(=O)[C@H](Br)CC)CC[C@]4(C)[C@@H]3CC[C@]12C. The summed E-state index contributed by atoms with van der Waals surface area (Å²) in [4.78, 5) is 12.6. The zero-order valence-corrected chi connectivity index (χ0v) is 25.0. The second-order valence-corrected chi connectivity index (χ2v) is 15.2. The molecule has 34 heavy (non-hydrogen) atoms. The van der Waals surface area contributed by atoms with E-state index in [-0.39, 0.29) is 4.83 Å². The van der Waals surface area contributed by atoms with Gasteiger partial charge in [-0.1, -0.05) is 106 Å². The molecule has 0 unspecified atom stereocenters. The van der Waals surface area contributed by atoms with E-state index < -0.39 is 0 Å². The van der Waals surface area contributed by atoms with Crippen LogP contribution in [0.15, 0.2) is 11.6 Å². The molecule has 1 nitrogen and oxygen atoms in total. The number of rotatable bonds is 10. The summed E-state index contributed by atoms with van der Waals surface area (Å²) in [5.74, 6) is 3.74. The molecule has 0 aliphatic heterocycles. The van der Waals surface area contributed by atoms with Crippen molar-refractivity contribution in [1.82, 2.24) is 0 Å². The van der Waals surface area contributed by atoms with Crippen LogP contribution in [0.2, 0.25) is 0 Å². The molecule has 0 N–H and O–H groups in total. The van der Waals surface area contributed by atoms with Crippen molar-refractivity contribution in [1.29, 1.82) is 0 Å². The Hall–Kier alpha value is 0.240. The molecular weight excluding hydrogens is 500 g/mol. The topological polar surface area (TPSA) is 17.1 Å². The van der Waals surface area contributed by atoms with Crippen molar-refractivity contribution in [3.05, 3.63) is 11.6 Å². The fraction of sp³-hybridized carbons (Fsp3) is 0.903. The lowest BCUT2D eigenvalue weighted by Crippen LogP contribution is -2.50. The van der Waals surface area contributed by atoms with Crippen LogP contribution in [0.3, 0.4) is 0 Å². The Labute approximate surface area is 223 Å². The number of thioether (sulfide) groups is 1. The van der Waals surface area contributed by atoms with Crippen molar-refractivity contribution < 1.29 is 4.79 Å². The number of allylic oxidation sites excluding steroid dienone is 2. The molecule has 194 valence electrons. The molecule has 4 aliphatic carbocycles. The summed E-state index contributed by atoms with van der Waals surface area (Å²) in [5, 5.41) is 0.846. The number of hydrogen-bond acceptors (Lipinski definition) is 2. The quantitative estimate of drug-likeness (QED) is 0.153. The van der Waals surface area contributed by atoms with Crippen molar-refractivity contribution in [2.24, 2.45) is 34.5 Å². The highest BCUT2D eigenvalue weighted by Gasteiger charge is 2.58. The maximum absolute atomic E-state index is 12.5. The first-order valence-electron chi connectivity index (χ1n) is 14.9. The van der Waals surface area contributed by atoms with E-state index in [2.05, 4.69) is 49.7 Å². The zero-order valence-electron chi connectivity index (χ0n) is 22.5.